The predicted octanol–water partition coefficient (Wildman–Crippen LogP) is 2.48. The molecule has 1 amide bonds. The first kappa shape index (κ1) is 25.0. The number of amides is 1. The second-order valence-corrected chi connectivity index (χ2v) is 9.80. The highest BCUT2D eigenvalue weighted by Gasteiger charge is 2.20. The number of aliphatic hydroxyl groups is 1. The number of aliphatic hydroxyl groups excluding tert-OH is 1. The zero-order valence-corrected chi connectivity index (χ0v) is 19.9. The van der Waals surface area contributed by atoms with Crippen LogP contribution in [0.1, 0.15) is 38.3 Å². The van der Waals surface area contributed by atoms with Crippen molar-refractivity contribution in [1.82, 2.24) is 14.7 Å². The Balaban J connectivity index is 1.65. The van der Waals surface area contributed by atoms with E-state index < -0.39 is 15.9 Å². The van der Waals surface area contributed by atoms with Gasteiger partial charge in [0.1, 0.15) is 5.75 Å². The third kappa shape index (κ3) is 5.66. The molecule has 178 valence electrons. The Hall–Kier alpha value is -3.60. The zero-order valence-electron chi connectivity index (χ0n) is 19.1. The molecule has 0 aliphatic heterocycles. The number of hydrogen-bond donors (Lipinski definition) is 3. The number of hydrogen-bond acceptors (Lipinski definition) is 7. The van der Waals surface area contributed by atoms with Gasteiger partial charge in [-0.05, 0) is 43.7 Å². The number of nitrogens with zero attached hydrogens (tertiary/aromatic N) is 3. The molecule has 3 aromatic rings. The molecule has 0 saturated heterocycles. The van der Waals surface area contributed by atoms with Crippen LogP contribution in [0.5, 0.6) is 5.75 Å². The topological polar surface area (TPSA) is 132 Å². The second kappa shape index (κ2) is 10.6. The molecule has 0 bridgehead atoms. The molecule has 0 atom stereocenters. The van der Waals surface area contributed by atoms with Gasteiger partial charge in [-0.2, -0.15) is 9.41 Å². The molecule has 0 saturated carbocycles. The van der Waals surface area contributed by atoms with Crippen LogP contribution in [-0.4, -0.2) is 47.1 Å². The Morgan fingerprint density at radius 3 is 2.38 bits per heavy atom. The van der Waals surface area contributed by atoms with E-state index in [1.807, 2.05) is 6.92 Å². The third-order valence-electron chi connectivity index (χ3n) is 5.24. The highest BCUT2D eigenvalue weighted by atomic mass is 32.2. The van der Waals surface area contributed by atoms with Crippen LogP contribution in [0.4, 0.5) is 0 Å². The van der Waals surface area contributed by atoms with Crippen molar-refractivity contribution >= 4 is 22.1 Å². The predicted molar refractivity (Wildman–Crippen MR) is 128 cm³/mol. The summed E-state index contributed by atoms with van der Waals surface area (Å²) in [5, 5.41) is 23.4. The van der Waals surface area contributed by atoms with Crippen LogP contribution in [0.15, 0.2) is 64.7 Å². The van der Waals surface area contributed by atoms with Gasteiger partial charge in [0, 0.05) is 36.5 Å². The van der Waals surface area contributed by atoms with Crippen molar-refractivity contribution in [3.63, 3.8) is 0 Å². The molecule has 9 nitrogen and oxygen atoms in total. The molecule has 2 aromatic carbocycles. The Labute approximate surface area is 198 Å². The number of benzene rings is 2. The highest BCUT2D eigenvalue weighted by molar-refractivity contribution is 7.89. The fourth-order valence-corrected chi connectivity index (χ4v) is 4.30. The van der Waals surface area contributed by atoms with Gasteiger partial charge >= 0.3 is 0 Å². The number of rotatable bonds is 8. The first-order valence-corrected chi connectivity index (χ1v) is 11.8. The molecule has 0 radical (unpaired) electrons. The lowest BCUT2D eigenvalue weighted by molar-refractivity contribution is 0.0955. The molecular weight excluding hydrogens is 456 g/mol. The molecule has 0 unspecified atom stereocenters. The minimum atomic E-state index is -3.64. The molecular formula is C24H26N4O5S. The highest BCUT2D eigenvalue weighted by Crippen LogP contribution is 2.22. The van der Waals surface area contributed by atoms with Gasteiger partial charge in [-0.15, -0.1) is 0 Å². The van der Waals surface area contributed by atoms with Gasteiger partial charge in [0.2, 0.25) is 10.0 Å². The lowest BCUT2D eigenvalue weighted by Gasteiger charge is -2.17. The lowest BCUT2D eigenvalue weighted by atomic mass is 10.1. The summed E-state index contributed by atoms with van der Waals surface area (Å²) >= 11 is 0. The quantitative estimate of drug-likeness (QED) is 0.334. The van der Waals surface area contributed by atoms with E-state index in [1.165, 1.54) is 23.8 Å². The number of aryl methyl sites for hydroxylation is 2. The summed E-state index contributed by atoms with van der Waals surface area (Å²) in [6, 6.07) is 13.1. The van der Waals surface area contributed by atoms with Crippen LogP contribution in [0.2, 0.25) is 0 Å². The van der Waals surface area contributed by atoms with Crippen LogP contribution in [0, 0.1) is 13.8 Å². The maximum absolute atomic E-state index is 12.8. The van der Waals surface area contributed by atoms with Crippen LogP contribution >= 0.6 is 0 Å². The molecule has 1 heterocycles. The molecule has 0 aliphatic rings. The van der Waals surface area contributed by atoms with Gasteiger partial charge < -0.3 is 10.2 Å². The number of aromatic hydroxyl groups is 1. The SMILES string of the molecule is Cc1ccc(S(=O)(=O)N(C)Cc2ccc(C(=O)NN=Cc3c(CO)cnc(C)c3O)cc2)cc1. The fraction of sp³-hybridized carbons (Fsp3) is 0.208. The van der Waals surface area contributed by atoms with Crippen LogP contribution in [0.3, 0.4) is 0 Å². The van der Waals surface area contributed by atoms with Crippen LogP contribution in [0.25, 0.3) is 0 Å². The van der Waals surface area contributed by atoms with Crippen molar-refractivity contribution in [2.24, 2.45) is 5.10 Å². The molecule has 1 aromatic heterocycles. The fourth-order valence-electron chi connectivity index (χ4n) is 3.14. The number of aromatic nitrogens is 1. The lowest BCUT2D eigenvalue weighted by Crippen LogP contribution is -2.26. The normalized spacial score (nSPS) is 11.8. The largest absolute Gasteiger partial charge is 0.505 e. The second-order valence-electron chi connectivity index (χ2n) is 7.76. The molecule has 3 N–H and O–H groups in total. The average molecular weight is 483 g/mol. The van der Waals surface area contributed by atoms with Crippen molar-refractivity contribution in [2.75, 3.05) is 7.05 Å². The van der Waals surface area contributed by atoms with E-state index in [2.05, 4.69) is 15.5 Å². The molecule has 34 heavy (non-hydrogen) atoms. The number of sulfonamides is 1. The minimum absolute atomic E-state index is 0.126. The number of nitrogens with one attached hydrogen (secondary N) is 1. The van der Waals surface area contributed by atoms with Crippen molar-refractivity contribution in [1.29, 1.82) is 0 Å². The minimum Gasteiger partial charge on any atom is -0.505 e. The number of carbonyl (C=O) groups excluding carboxylic acids is 1. The summed E-state index contributed by atoms with van der Waals surface area (Å²) in [6.07, 6.45) is 2.67. The molecule has 0 spiro atoms. The summed E-state index contributed by atoms with van der Waals surface area (Å²) in [5.41, 5.74) is 5.38. The average Bonchev–Trinajstić information content (AvgIpc) is 2.82. The Morgan fingerprint density at radius 2 is 1.76 bits per heavy atom. The summed E-state index contributed by atoms with van der Waals surface area (Å²) in [6.45, 7) is 3.30. The van der Waals surface area contributed by atoms with E-state index in [4.69, 9.17) is 0 Å². The summed E-state index contributed by atoms with van der Waals surface area (Å²) in [5.74, 6) is -0.613. The Morgan fingerprint density at radius 1 is 1.12 bits per heavy atom. The molecule has 0 aliphatic carbocycles. The molecule has 10 heteroatoms. The number of hydrazone groups is 1. The summed E-state index contributed by atoms with van der Waals surface area (Å²) < 4.78 is 26.8. The van der Waals surface area contributed by atoms with Gasteiger partial charge in [0.05, 0.1) is 23.4 Å². The van der Waals surface area contributed by atoms with E-state index in [0.29, 0.717) is 22.4 Å². The van der Waals surface area contributed by atoms with Crippen molar-refractivity contribution in [3.8, 4) is 5.75 Å². The van der Waals surface area contributed by atoms with E-state index in [1.54, 1.807) is 55.5 Å². The third-order valence-corrected chi connectivity index (χ3v) is 7.06. The zero-order chi connectivity index (χ0) is 24.9. The van der Waals surface area contributed by atoms with E-state index in [0.717, 1.165) is 5.56 Å². The molecule has 0 fully saturated rings. The van der Waals surface area contributed by atoms with Crippen molar-refractivity contribution < 1.29 is 23.4 Å². The number of carbonyl (C=O) groups is 1. The van der Waals surface area contributed by atoms with Gasteiger partial charge in [0.25, 0.3) is 5.91 Å². The smallest absolute Gasteiger partial charge is 0.271 e. The Kier molecular flexibility index (Phi) is 7.77. The van der Waals surface area contributed by atoms with E-state index in [-0.39, 0.29) is 29.4 Å². The standard InChI is InChI=1S/C24H26N4O5S/c1-16-4-10-21(11-5-16)34(32,33)28(3)14-18-6-8-19(9-7-18)24(31)27-26-13-22-20(15-29)12-25-17(2)23(22)30/h4-13,29-30H,14-15H2,1-3H3,(H,27,31). The van der Waals surface area contributed by atoms with E-state index >= 15 is 0 Å². The van der Waals surface area contributed by atoms with Crippen LogP contribution in [-0.2, 0) is 23.2 Å². The van der Waals surface area contributed by atoms with E-state index in [9.17, 15) is 23.4 Å². The van der Waals surface area contributed by atoms with Crippen LogP contribution < -0.4 is 5.43 Å². The van der Waals surface area contributed by atoms with Crippen molar-refractivity contribution in [3.05, 3.63) is 88.2 Å². The first-order chi connectivity index (χ1) is 16.1. The van der Waals surface area contributed by atoms with Crippen molar-refractivity contribution in [2.45, 2.75) is 31.9 Å². The monoisotopic (exact) mass is 482 g/mol. The van der Waals surface area contributed by atoms with Gasteiger partial charge in [-0.1, -0.05) is 29.8 Å². The Bertz CT molecular complexity index is 1300. The van der Waals surface area contributed by atoms with Gasteiger partial charge in [-0.25, -0.2) is 13.8 Å². The molecule has 3 rings (SSSR count). The van der Waals surface area contributed by atoms with Gasteiger partial charge in [0.15, 0.2) is 0 Å². The first-order valence-electron chi connectivity index (χ1n) is 10.4. The number of pyridine rings is 1. The maximum atomic E-state index is 12.8. The maximum Gasteiger partial charge on any atom is 0.271 e. The van der Waals surface area contributed by atoms with Gasteiger partial charge in [-0.3, -0.25) is 9.78 Å². The summed E-state index contributed by atoms with van der Waals surface area (Å²) in [4.78, 5) is 16.6. The summed E-state index contributed by atoms with van der Waals surface area (Å²) in [7, 11) is -2.14.